The van der Waals surface area contributed by atoms with Crippen LogP contribution in [0.25, 0.3) is 0 Å². The van der Waals surface area contributed by atoms with Gasteiger partial charge in [0, 0.05) is 63.0 Å². The zero-order valence-electron chi connectivity index (χ0n) is 41.0. The van der Waals surface area contributed by atoms with E-state index in [4.69, 9.17) is 39.4 Å². The number of benzene rings is 5. The summed E-state index contributed by atoms with van der Waals surface area (Å²) in [4.78, 5) is 45.6. The van der Waals surface area contributed by atoms with Crippen LogP contribution >= 0.6 is 0 Å². The minimum Gasteiger partial charge on any atom is -0.494 e. The van der Waals surface area contributed by atoms with Gasteiger partial charge in [0.1, 0.15) is 12.4 Å². The van der Waals surface area contributed by atoms with Gasteiger partial charge in [-0.2, -0.15) is 0 Å². The summed E-state index contributed by atoms with van der Waals surface area (Å²) in [6.45, 7) is 12.6. The molecule has 5 aromatic rings. The molecule has 1 unspecified atom stereocenters. The van der Waals surface area contributed by atoms with Gasteiger partial charge in [0.05, 0.1) is 67.9 Å². The van der Waals surface area contributed by atoms with Gasteiger partial charge in [0.2, 0.25) is 0 Å². The molecule has 10 rings (SSSR count). The zero-order valence-corrected chi connectivity index (χ0v) is 41.0. The number of aryl methyl sites for hydroxylation is 1. The lowest BCUT2D eigenvalue weighted by molar-refractivity contribution is -0.0219. The molecule has 14 heteroatoms. The number of hydrogen-bond acceptors (Lipinski definition) is 12. The summed E-state index contributed by atoms with van der Waals surface area (Å²) in [5.41, 5.74) is 20.3. The minimum absolute atomic E-state index is 0.139. The van der Waals surface area contributed by atoms with Gasteiger partial charge in [-0.1, -0.05) is 54.1 Å². The largest absolute Gasteiger partial charge is 0.494 e. The Morgan fingerprint density at radius 2 is 1.49 bits per heavy atom. The first kappa shape index (κ1) is 47.5. The predicted octanol–water partition coefficient (Wildman–Crippen LogP) is 9.09. The first-order chi connectivity index (χ1) is 34.6. The lowest BCUT2D eigenvalue weighted by atomic mass is 9.99. The molecule has 368 valence electrons. The van der Waals surface area contributed by atoms with E-state index in [1.807, 2.05) is 43.3 Å². The number of methoxy groups -OCH3 is 1. The summed E-state index contributed by atoms with van der Waals surface area (Å²) in [6.07, 6.45) is 3.45. The van der Waals surface area contributed by atoms with E-state index in [9.17, 15) is 9.59 Å². The molecule has 2 amide bonds. The molecule has 71 heavy (non-hydrogen) atoms. The van der Waals surface area contributed by atoms with Crippen LogP contribution in [-0.2, 0) is 28.9 Å². The fourth-order valence-electron chi connectivity index (χ4n) is 10.1. The minimum atomic E-state index is -0.688. The Balaban J connectivity index is 0.665. The molecule has 5 aromatic carbocycles. The molecule has 3 saturated heterocycles. The van der Waals surface area contributed by atoms with Gasteiger partial charge in [-0.05, 0) is 122 Å². The van der Waals surface area contributed by atoms with E-state index in [1.165, 1.54) is 29.5 Å². The lowest BCUT2D eigenvalue weighted by Crippen LogP contribution is -2.50. The number of nitrogen functional groups attached to an aromatic ring is 1. The number of carbonyl (C=O) groups excluding carboxylic acids is 2. The number of fused-ring (bicyclic) bond motifs is 2. The van der Waals surface area contributed by atoms with Crippen molar-refractivity contribution in [3.05, 3.63) is 148 Å². The molecule has 3 fully saturated rings. The Morgan fingerprint density at radius 3 is 2.28 bits per heavy atom. The van der Waals surface area contributed by atoms with Crippen LogP contribution in [0.2, 0.25) is 0 Å². The van der Waals surface area contributed by atoms with Crippen LogP contribution in [0.15, 0.2) is 119 Å². The fraction of sp³-hybridized carbons (Fsp3) is 0.368. The van der Waals surface area contributed by atoms with Crippen molar-refractivity contribution < 1.29 is 33.3 Å². The standard InChI is InChI=1S/C57H63N7O7/c1-37-8-10-39(11-9-37)36-71-57(66)63-24-27-70-56(63)52-28-38(2)35-64(52)55(65)46-33-53(67-4)54(34-47(46)58)69-26-7-5-6-25-68-45-17-13-40(14-18-45)49-31-43-29-41(15-19-48(43)59-49)50-30-42-12-16-44(32-51(42)60-50)62-22-20-61(3)21-23-62/h8-19,29,32-34,52,56H,2,5-7,20-28,30-31,35-36,58H2,1,3-4H3/t52-,56?/m0/s1. The number of amides is 2. The second-order valence-corrected chi connectivity index (χ2v) is 19.2. The number of anilines is 2. The Bertz CT molecular complexity index is 2850. The van der Waals surface area contributed by atoms with Crippen LogP contribution < -0.4 is 24.8 Å². The summed E-state index contributed by atoms with van der Waals surface area (Å²) in [7, 11) is 3.72. The van der Waals surface area contributed by atoms with Gasteiger partial charge in [0.25, 0.3) is 5.91 Å². The van der Waals surface area contributed by atoms with Crippen molar-refractivity contribution >= 4 is 46.2 Å². The molecule has 0 saturated carbocycles. The van der Waals surface area contributed by atoms with E-state index in [0.29, 0.717) is 50.8 Å². The first-order valence-corrected chi connectivity index (χ1v) is 24.8. The van der Waals surface area contributed by atoms with Crippen LogP contribution in [0.3, 0.4) is 0 Å². The molecule has 5 aliphatic heterocycles. The highest BCUT2D eigenvalue weighted by molar-refractivity contribution is 6.10. The van der Waals surface area contributed by atoms with Gasteiger partial charge in [-0.3, -0.25) is 19.7 Å². The maximum atomic E-state index is 14.2. The summed E-state index contributed by atoms with van der Waals surface area (Å²) in [6, 6.07) is 32.2. The van der Waals surface area contributed by atoms with E-state index in [-0.39, 0.29) is 23.8 Å². The van der Waals surface area contributed by atoms with Crippen LogP contribution in [0.1, 0.15) is 69.4 Å². The van der Waals surface area contributed by atoms with Crippen LogP contribution in [-0.4, -0.2) is 124 Å². The number of carbonyl (C=O) groups is 2. The SMILES string of the molecule is C=C1C[C@@H](C2OCCN2C(=O)OCc2ccc(C)cc2)N(C(=O)c2cc(OC)c(OCCCCCOc3ccc(C4=Nc5ccc(C6=Nc7cc(N8CCN(C)CC8)ccc7C6)cc5C4)cc3)cc2N)C1. The van der Waals surface area contributed by atoms with Crippen molar-refractivity contribution in [2.75, 3.05) is 83.9 Å². The molecule has 5 heterocycles. The highest BCUT2D eigenvalue weighted by Crippen LogP contribution is 2.38. The van der Waals surface area contributed by atoms with Crippen molar-refractivity contribution in [3.8, 4) is 17.2 Å². The van der Waals surface area contributed by atoms with Crippen LogP contribution in [0, 0.1) is 6.92 Å². The third-order valence-electron chi connectivity index (χ3n) is 14.2. The van der Waals surface area contributed by atoms with E-state index < -0.39 is 18.4 Å². The lowest BCUT2D eigenvalue weighted by Gasteiger charge is -2.34. The normalized spacial score (nSPS) is 18.6. The monoisotopic (exact) mass is 957 g/mol. The first-order valence-electron chi connectivity index (χ1n) is 24.8. The van der Waals surface area contributed by atoms with E-state index in [0.717, 1.165) is 109 Å². The quantitative estimate of drug-likeness (QED) is 0.0578. The molecule has 0 aliphatic carbocycles. The van der Waals surface area contributed by atoms with Gasteiger partial charge in [-0.25, -0.2) is 4.79 Å². The molecule has 2 atom stereocenters. The molecule has 0 spiro atoms. The molecule has 5 aliphatic rings. The summed E-state index contributed by atoms with van der Waals surface area (Å²) < 4.78 is 29.6. The molecule has 0 bridgehead atoms. The van der Waals surface area contributed by atoms with Crippen molar-refractivity contribution in [1.29, 1.82) is 0 Å². The molecular weight excluding hydrogens is 895 g/mol. The third-order valence-corrected chi connectivity index (χ3v) is 14.2. The summed E-state index contributed by atoms with van der Waals surface area (Å²) in [5, 5.41) is 0. The molecule has 2 N–H and O–H groups in total. The number of likely N-dealkylation sites (N-methyl/N-ethyl adjacent to an activating group) is 1. The molecule has 0 radical (unpaired) electrons. The number of unbranched alkanes of at least 4 members (excludes halogenated alkanes) is 2. The third kappa shape index (κ3) is 10.6. The second kappa shape index (κ2) is 21.1. The average molecular weight is 958 g/mol. The van der Waals surface area contributed by atoms with E-state index in [2.05, 4.69) is 72.0 Å². The highest BCUT2D eigenvalue weighted by atomic mass is 16.6. The van der Waals surface area contributed by atoms with Crippen molar-refractivity contribution in [2.45, 2.75) is 64.3 Å². The average Bonchev–Trinajstić information content (AvgIpc) is 4.22. The fourth-order valence-corrected chi connectivity index (χ4v) is 10.1. The summed E-state index contributed by atoms with van der Waals surface area (Å²) >= 11 is 0. The Hall–Kier alpha value is -7.16. The Morgan fingerprint density at radius 1 is 0.761 bits per heavy atom. The number of aliphatic imine (C=N–C) groups is 2. The van der Waals surface area contributed by atoms with Crippen LogP contribution in [0.4, 0.5) is 27.5 Å². The number of nitrogens with two attached hydrogens (primary N) is 1. The Labute approximate surface area is 416 Å². The number of likely N-dealkylation sites (tertiary alicyclic amines) is 1. The van der Waals surface area contributed by atoms with Gasteiger partial charge < -0.3 is 44.1 Å². The summed E-state index contributed by atoms with van der Waals surface area (Å²) in [5.74, 6) is 1.38. The van der Waals surface area contributed by atoms with Gasteiger partial charge in [-0.15, -0.1) is 0 Å². The Kier molecular flexibility index (Phi) is 14.1. The van der Waals surface area contributed by atoms with E-state index in [1.54, 1.807) is 21.9 Å². The second-order valence-electron chi connectivity index (χ2n) is 19.2. The van der Waals surface area contributed by atoms with Gasteiger partial charge in [0.15, 0.2) is 17.7 Å². The van der Waals surface area contributed by atoms with Crippen LogP contribution in [0.5, 0.6) is 17.2 Å². The predicted molar refractivity (Wildman–Crippen MR) is 277 cm³/mol. The molecular formula is C57H63N7O7. The number of nitrogens with zero attached hydrogens (tertiary/aromatic N) is 6. The van der Waals surface area contributed by atoms with Crippen molar-refractivity contribution in [1.82, 2.24) is 14.7 Å². The maximum absolute atomic E-state index is 14.2. The topological polar surface area (TPSA) is 144 Å². The maximum Gasteiger partial charge on any atom is 0.412 e. The number of piperazine rings is 1. The van der Waals surface area contributed by atoms with E-state index >= 15 is 0 Å². The number of rotatable bonds is 16. The zero-order chi connectivity index (χ0) is 49.0. The number of ether oxygens (including phenoxy) is 5. The molecule has 14 nitrogen and oxygen atoms in total. The smallest absolute Gasteiger partial charge is 0.412 e. The molecule has 0 aromatic heterocycles. The highest BCUT2D eigenvalue weighted by Gasteiger charge is 2.45. The van der Waals surface area contributed by atoms with Gasteiger partial charge >= 0.3 is 6.09 Å². The van der Waals surface area contributed by atoms with Crippen molar-refractivity contribution in [3.63, 3.8) is 0 Å². The van der Waals surface area contributed by atoms with Crippen molar-refractivity contribution in [2.24, 2.45) is 9.98 Å². The number of hydrogen-bond donors (Lipinski definition) is 1.